The second-order valence-corrected chi connectivity index (χ2v) is 9.08. The van der Waals surface area contributed by atoms with Crippen LogP contribution in [0.3, 0.4) is 0 Å². The van der Waals surface area contributed by atoms with Crippen molar-refractivity contribution in [1.29, 1.82) is 0 Å². The van der Waals surface area contributed by atoms with Crippen molar-refractivity contribution in [3.8, 4) is 0 Å². The van der Waals surface area contributed by atoms with E-state index in [4.69, 9.17) is 9.47 Å². The summed E-state index contributed by atoms with van der Waals surface area (Å²) in [5, 5.41) is 16.7. The van der Waals surface area contributed by atoms with E-state index < -0.39 is 41.4 Å². The number of alkyl carbamates (subject to hydrolysis) is 2. The molecular weight excluding hydrogens is 408 g/mol. The van der Waals surface area contributed by atoms with Crippen molar-refractivity contribution in [2.45, 2.75) is 84.6 Å². The summed E-state index contributed by atoms with van der Waals surface area (Å²) in [5.74, 6) is -1.71. The lowest BCUT2D eigenvalue weighted by Crippen LogP contribution is -2.50. The minimum atomic E-state index is -1.11. The van der Waals surface area contributed by atoms with Crippen LogP contribution < -0.4 is 16.0 Å². The number of hydrogen-bond acceptors (Lipinski definition) is 7. The van der Waals surface area contributed by atoms with Gasteiger partial charge in [-0.15, -0.1) is 0 Å². The summed E-state index contributed by atoms with van der Waals surface area (Å²) in [7, 11) is 0. The van der Waals surface area contributed by atoms with Gasteiger partial charge < -0.3 is 19.9 Å². The molecule has 3 amide bonds. The Morgan fingerprint density at radius 3 is 1.87 bits per heavy atom. The number of carboxylic acids is 1. The highest BCUT2D eigenvalue weighted by molar-refractivity contribution is 6.01. The molecule has 1 aliphatic carbocycles. The third-order valence-electron chi connectivity index (χ3n) is 3.71. The molecule has 11 heteroatoms. The van der Waals surface area contributed by atoms with Crippen molar-refractivity contribution in [3.05, 3.63) is 11.6 Å². The number of rotatable bonds is 3. The van der Waals surface area contributed by atoms with Gasteiger partial charge >= 0.3 is 18.2 Å². The molecule has 11 nitrogen and oxygen atoms in total. The molecule has 0 spiro atoms. The molecule has 0 fully saturated rings. The highest BCUT2D eigenvalue weighted by atomic mass is 16.6. The maximum atomic E-state index is 12.2. The lowest BCUT2D eigenvalue weighted by atomic mass is 9.90. The van der Waals surface area contributed by atoms with Crippen LogP contribution in [0.25, 0.3) is 0 Å². The van der Waals surface area contributed by atoms with Gasteiger partial charge in [0, 0.05) is 18.9 Å². The number of aliphatic imine (C=N–C) groups is 1. The number of nitrogens with one attached hydrogen (secondary N) is 3. The topological polar surface area (TPSA) is 155 Å². The van der Waals surface area contributed by atoms with Gasteiger partial charge in [0.25, 0.3) is 0 Å². The number of carbonyl (C=O) groups is 4. The second kappa shape index (κ2) is 10.3. The predicted octanol–water partition coefficient (Wildman–Crippen LogP) is 2.07. The van der Waals surface area contributed by atoms with E-state index in [0.29, 0.717) is 0 Å². The molecule has 0 bridgehead atoms. The van der Waals surface area contributed by atoms with E-state index in [1.807, 2.05) is 0 Å². The lowest BCUT2D eigenvalue weighted by Gasteiger charge is -2.29. The molecule has 0 aromatic rings. The van der Waals surface area contributed by atoms with Crippen molar-refractivity contribution in [3.63, 3.8) is 0 Å². The third-order valence-corrected chi connectivity index (χ3v) is 3.71. The first-order valence-corrected chi connectivity index (χ1v) is 9.83. The minimum Gasteiger partial charge on any atom is -0.478 e. The molecule has 0 radical (unpaired) electrons. The summed E-state index contributed by atoms with van der Waals surface area (Å²) in [6.07, 6.45) is -0.0273. The molecule has 4 N–H and O–H groups in total. The van der Waals surface area contributed by atoms with Crippen molar-refractivity contribution >= 4 is 30.0 Å². The number of guanidine groups is 1. The van der Waals surface area contributed by atoms with Gasteiger partial charge in [-0.05, 0) is 48.0 Å². The average Bonchev–Trinajstić information content (AvgIpc) is 2.51. The van der Waals surface area contributed by atoms with Gasteiger partial charge in [0.05, 0.1) is 12.1 Å². The summed E-state index contributed by atoms with van der Waals surface area (Å²) in [6.45, 7) is 11.3. The van der Waals surface area contributed by atoms with Crippen LogP contribution in [0.5, 0.6) is 0 Å². The summed E-state index contributed by atoms with van der Waals surface area (Å²) in [6, 6.07) is -1.30. The van der Waals surface area contributed by atoms with Gasteiger partial charge in [0.2, 0.25) is 11.9 Å². The van der Waals surface area contributed by atoms with E-state index in [0.717, 1.165) is 0 Å². The van der Waals surface area contributed by atoms with Gasteiger partial charge in [-0.25, -0.2) is 19.4 Å². The Hall–Kier alpha value is -3.11. The summed E-state index contributed by atoms with van der Waals surface area (Å²) >= 11 is 0. The van der Waals surface area contributed by atoms with Crippen LogP contribution in [0.2, 0.25) is 0 Å². The van der Waals surface area contributed by atoms with Crippen LogP contribution in [0.1, 0.15) is 61.3 Å². The van der Waals surface area contributed by atoms with Crippen LogP contribution in [0.15, 0.2) is 16.6 Å². The first-order chi connectivity index (χ1) is 14.1. The molecule has 1 unspecified atom stereocenters. The Balaban J connectivity index is 3.19. The average molecular weight is 440 g/mol. The van der Waals surface area contributed by atoms with E-state index >= 15 is 0 Å². The Morgan fingerprint density at radius 1 is 1.00 bits per heavy atom. The van der Waals surface area contributed by atoms with E-state index in [1.54, 1.807) is 41.5 Å². The van der Waals surface area contributed by atoms with Crippen LogP contribution in [0, 0.1) is 0 Å². The summed E-state index contributed by atoms with van der Waals surface area (Å²) in [5.41, 5.74) is -1.49. The van der Waals surface area contributed by atoms with E-state index in [9.17, 15) is 24.3 Å². The molecule has 2 atom stereocenters. The zero-order valence-corrected chi connectivity index (χ0v) is 19.0. The Kier molecular flexibility index (Phi) is 8.59. The van der Waals surface area contributed by atoms with Gasteiger partial charge in [0.15, 0.2) is 0 Å². The van der Waals surface area contributed by atoms with Crippen molar-refractivity contribution < 1.29 is 33.8 Å². The molecule has 0 aliphatic heterocycles. The molecule has 174 valence electrons. The second-order valence-electron chi connectivity index (χ2n) is 9.08. The molecule has 0 aromatic carbocycles. The Bertz CT molecular complexity index is 743. The highest BCUT2D eigenvalue weighted by Crippen LogP contribution is 2.22. The van der Waals surface area contributed by atoms with Crippen LogP contribution >= 0.6 is 0 Å². The van der Waals surface area contributed by atoms with Crippen molar-refractivity contribution in [2.24, 2.45) is 4.99 Å². The molecular formula is C20H32N4O7. The summed E-state index contributed by atoms with van der Waals surface area (Å²) in [4.78, 5) is 51.7. The lowest BCUT2D eigenvalue weighted by molar-refractivity contribution is -0.133. The van der Waals surface area contributed by atoms with Crippen LogP contribution in [-0.2, 0) is 19.1 Å². The SMILES string of the molecule is CC(=O)NC1CC=C(C(=O)O)C[C@@H]1N=C(NC(=O)OC(C)(C)C)NC(=O)OC(C)(C)C. The fourth-order valence-electron chi connectivity index (χ4n) is 2.67. The number of carbonyl (C=O) groups excluding carboxylic acids is 3. The summed E-state index contributed by atoms with van der Waals surface area (Å²) < 4.78 is 10.4. The molecule has 0 saturated carbocycles. The van der Waals surface area contributed by atoms with Crippen LogP contribution in [0.4, 0.5) is 9.59 Å². The van der Waals surface area contributed by atoms with Gasteiger partial charge in [-0.2, -0.15) is 0 Å². The number of ether oxygens (including phenoxy) is 2. The molecule has 0 saturated heterocycles. The number of amides is 3. The molecule has 1 rings (SSSR count). The van der Waals surface area contributed by atoms with E-state index in [-0.39, 0.29) is 30.3 Å². The zero-order chi connectivity index (χ0) is 24.0. The third kappa shape index (κ3) is 10.5. The quantitative estimate of drug-likeness (QED) is 0.387. The minimum absolute atomic E-state index is 0.0181. The number of hydrogen-bond donors (Lipinski definition) is 4. The monoisotopic (exact) mass is 440 g/mol. The van der Waals surface area contributed by atoms with Crippen molar-refractivity contribution in [2.75, 3.05) is 0 Å². The maximum absolute atomic E-state index is 12.2. The molecule has 1 aliphatic rings. The number of nitrogens with zero attached hydrogens (tertiary/aromatic N) is 1. The molecule has 31 heavy (non-hydrogen) atoms. The fraction of sp³-hybridized carbons (Fsp3) is 0.650. The fourth-order valence-corrected chi connectivity index (χ4v) is 2.67. The largest absolute Gasteiger partial charge is 0.478 e. The smallest absolute Gasteiger partial charge is 0.414 e. The Labute approximate surface area is 181 Å². The first kappa shape index (κ1) is 25.9. The number of aliphatic carboxylic acids is 1. The normalized spacial score (nSPS) is 18.7. The highest BCUT2D eigenvalue weighted by Gasteiger charge is 2.30. The standard InChI is InChI=1S/C20H32N4O7/c1-11(25)21-13-9-8-12(15(26)27)10-14(13)22-16(23-17(28)30-19(2,3)4)24-18(29)31-20(5,6)7/h8,13-14H,9-10H2,1-7H3,(H,21,25)(H,26,27)(H2,22,23,24,28,29)/t13?,14-/m0/s1. The van der Waals surface area contributed by atoms with Crippen molar-refractivity contribution in [1.82, 2.24) is 16.0 Å². The first-order valence-electron chi connectivity index (χ1n) is 9.83. The molecule has 0 heterocycles. The molecule has 0 aromatic heterocycles. The van der Waals surface area contributed by atoms with E-state index in [1.165, 1.54) is 13.0 Å². The Morgan fingerprint density at radius 2 is 1.48 bits per heavy atom. The zero-order valence-electron chi connectivity index (χ0n) is 19.0. The predicted molar refractivity (Wildman–Crippen MR) is 113 cm³/mol. The van der Waals surface area contributed by atoms with Gasteiger partial charge in [0.1, 0.15) is 11.2 Å². The van der Waals surface area contributed by atoms with Gasteiger partial charge in [-0.1, -0.05) is 6.08 Å². The maximum Gasteiger partial charge on any atom is 0.414 e. The van der Waals surface area contributed by atoms with E-state index in [2.05, 4.69) is 20.9 Å². The van der Waals surface area contributed by atoms with Crippen LogP contribution in [-0.4, -0.2) is 58.4 Å². The number of carboxylic acid groups (broad SMARTS) is 1. The van der Waals surface area contributed by atoms with Gasteiger partial charge in [-0.3, -0.25) is 15.4 Å².